The molecule has 0 aliphatic carbocycles. The fourth-order valence-corrected chi connectivity index (χ4v) is 3.04. The molecule has 0 radical (unpaired) electrons. The summed E-state index contributed by atoms with van der Waals surface area (Å²) in [6.45, 7) is 3.34. The Hall–Kier alpha value is -2.97. The standard InChI is InChI=1S/C18H21F2N5O2/c1-2-27-18(26)11-5-7-25(8-6-11)17-15(21)16(22-10-23-17)24-14-4-3-12(19)9-13(14)20/h3-4,9-11H,2,5-8,21H2,1H3,(H,22,23,24). The Morgan fingerprint density at radius 1 is 1.33 bits per heavy atom. The summed E-state index contributed by atoms with van der Waals surface area (Å²) in [6.07, 6.45) is 2.60. The fraction of sp³-hybridized carbons (Fsp3) is 0.389. The minimum absolute atomic E-state index is 0.0637. The molecule has 27 heavy (non-hydrogen) atoms. The van der Waals surface area contributed by atoms with Crippen molar-refractivity contribution in [3.05, 3.63) is 36.2 Å². The number of piperidine rings is 1. The van der Waals surface area contributed by atoms with Gasteiger partial charge in [-0.05, 0) is 31.9 Å². The first-order valence-electron chi connectivity index (χ1n) is 8.73. The number of benzene rings is 1. The molecule has 7 nitrogen and oxygen atoms in total. The Balaban J connectivity index is 1.73. The third kappa shape index (κ3) is 4.24. The van der Waals surface area contributed by atoms with Gasteiger partial charge in [0.25, 0.3) is 0 Å². The number of nitrogens with two attached hydrogens (primary N) is 1. The van der Waals surface area contributed by atoms with Gasteiger partial charge >= 0.3 is 5.97 Å². The number of rotatable bonds is 5. The molecule has 0 atom stereocenters. The van der Waals surface area contributed by atoms with Crippen LogP contribution in [0.25, 0.3) is 0 Å². The van der Waals surface area contributed by atoms with E-state index in [9.17, 15) is 13.6 Å². The second-order valence-electron chi connectivity index (χ2n) is 6.22. The molecular formula is C18H21F2N5O2. The number of ether oxygens (including phenoxy) is 1. The van der Waals surface area contributed by atoms with Crippen LogP contribution in [0, 0.1) is 17.6 Å². The van der Waals surface area contributed by atoms with E-state index in [4.69, 9.17) is 10.5 Å². The van der Waals surface area contributed by atoms with Crippen molar-refractivity contribution in [2.45, 2.75) is 19.8 Å². The van der Waals surface area contributed by atoms with E-state index in [1.807, 2.05) is 4.90 Å². The zero-order valence-corrected chi connectivity index (χ0v) is 14.9. The van der Waals surface area contributed by atoms with Crippen LogP contribution in [0.3, 0.4) is 0 Å². The Morgan fingerprint density at radius 2 is 2.07 bits per heavy atom. The number of aromatic nitrogens is 2. The molecule has 0 saturated carbocycles. The highest BCUT2D eigenvalue weighted by molar-refractivity contribution is 5.79. The lowest BCUT2D eigenvalue weighted by Crippen LogP contribution is -2.37. The third-order valence-corrected chi connectivity index (χ3v) is 4.46. The van der Waals surface area contributed by atoms with Crippen molar-refractivity contribution in [2.24, 2.45) is 5.92 Å². The molecule has 1 aromatic carbocycles. The van der Waals surface area contributed by atoms with Crippen molar-refractivity contribution in [3.8, 4) is 0 Å². The predicted octanol–water partition coefficient (Wildman–Crippen LogP) is 2.86. The SMILES string of the molecule is CCOC(=O)C1CCN(c2ncnc(Nc3ccc(F)cc3F)c2N)CC1. The summed E-state index contributed by atoms with van der Waals surface area (Å²) in [5.41, 5.74) is 6.49. The van der Waals surface area contributed by atoms with Crippen molar-refractivity contribution >= 4 is 29.0 Å². The highest BCUT2D eigenvalue weighted by Gasteiger charge is 2.28. The molecular weight excluding hydrogens is 356 g/mol. The molecule has 0 unspecified atom stereocenters. The fourth-order valence-electron chi connectivity index (χ4n) is 3.04. The number of nitrogens with one attached hydrogen (secondary N) is 1. The van der Waals surface area contributed by atoms with Gasteiger partial charge in [-0.2, -0.15) is 0 Å². The number of hydrogen-bond donors (Lipinski definition) is 2. The number of anilines is 4. The highest BCUT2D eigenvalue weighted by atomic mass is 19.1. The topological polar surface area (TPSA) is 93.4 Å². The number of carbonyl (C=O) groups is 1. The van der Waals surface area contributed by atoms with E-state index in [0.29, 0.717) is 38.4 Å². The van der Waals surface area contributed by atoms with Crippen molar-refractivity contribution < 1.29 is 18.3 Å². The molecule has 0 amide bonds. The van der Waals surface area contributed by atoms with Crippen LogP contribution >= 0.6 is 0 Å². The molecule has 0 spiro atoms. The van der Waals surface area contributed by atoms with Crippen LogP contribution in [0.15, 0.2) is 24.5 Å². The number of esters is 1. The molecule has 3 N–H and O–H groups in total. The van der Waals surface area contributed by atoms with Crippen molar-refractivity contribution in [1.29, 1.82) is 0 Å². The molecule has 9 heteroatoms. The number of hydrogen-bond acceptors (Lipinski definition) is 7. The smallest absolute Gasteiger partial charge is 0.309 e. The molecule has 2 aromatic rings. The molecule has 1 aliphatic rings. The van der Waals surface area contributed by atoms with E-state index < -0.39 is 11.6 Å². The molecule has 1 fully saturated rings. The molecule has 1 aromatic heterocycles. The predicted molar refractivity (Wildman–Crippen MR) is 97.7 cm³/mol. The molecule has 2 heterocycles. The maximum Gasteiger partial charge on any atom is 0.309 e. The zero-order chi connectivity index (χ0) is 19.4. The lowest BCUT2D eigenvalue weighted by Gasteiger charge is -2.32. The normalized spacial score (nSPS) is 14.9. The number of carbonyl (C=O) groups excluding carboxylic acids is 1. The van der Waals surface area contributed by atoms with E-state index >= 15 is 0 Å². The largest absolute Gasteiger partial charge is 0.466 e. The van der Waals surface area contributed by atoms with Crippen molar-refractivity contribution in [3.63, 3.8) is 0 Å². The maximum atomic E-state index is 13.9. The molecule has 3 rings (SSSR count). The van der Waals surface area contributed by atoms with E-state index in [2.05, 4.69) is 15.3 Å². The Morgan fingerprint density at radius 3 is 2.74 bits per heavy atom. The van der Waals surface area contributed by atoms with Gasteiger partial charge in [-0.15, -0.1) is 0 Å². The quantitative estimate of drug-likeness (QED) is 0.774. The molecule has 1 aliphatic heterocycles. The number of halogens is 2. The van der Waals surface area contributed by atoms with E-state index in [0.717, 1.165) is 12.1 Å². The minimum atomic E-state index is -0.746. The van der Waals surface area contributed by atoms with Gasteiger partial charge in [0.2, 0.25) is 0 Å². The van der Waals surface area contributed by atoms with Crippen molar-refractivity contribution in [1.82, 2.24) is 9.97 Å². The van der Waals surface area contributed by atoms with Gasteiger partial charge in [0.05, 0.1) is 18.2 Å². The first-order chi connectivity index (χ1) is 13.0. The summed E-state index contributed by atoms with van der Waals surface area (Å²) >= 11 is 0. The lowest BCUT2D eigenvalue weighted by atomic mass is 9.97. The Bertz CT molecular complexity index is 825. The van der Waals surface area contributed by atoms with Gasteiger partial charge in [0.15, 0.2) is 11.6 Å². The van der Waals surface area contributed by atoms with E-state index in [1.165, 1.54) is 12.4 Å². The van der Waals surface area contributed by atoms with Gasteiger partial charge in [-0.25, -0.2) is 18.7 Å². The van der Waals surface area contributed by atoms with Crippen LogP contribution in [0.2, 0.25) is 0 Å². The number of nitrogen functional groups attached to an aromatic ring is 1. The minimum Gasteiger partial charge on any atom is -0.466 e. The summed E-state index contributed by atoms with van der Waals surface area (Å²) in [7, 11) is 0. The molecule has 1 saturated heterocycles. The average molecular weight is 377 g/mol. The van der Waals surface area contributed by atoms with Crippen LogP contribution < -0.4 is 16.0 Å². The van der Waals surface area contributed by atoms with Gasteiger partial charge in [-0.3, -0.25) is 4.79 Å². The summed E-state index contributed by atoms with van der Waals surface area (Å²) in [6, 6.07) is 3.20. The van der Waals surface area contributed by atoms with Gasteiger partial charge in [0.1, 0.15) is 23.6 Å². The van der Waals surface area contributed by atoms with Crippen LogP contribution in [0.4, 0.5) is 31.8 Å². The van der Waals surface area contributed by atoms with Gasteiger partial charge in [0, 0.05) is 19.2 Å². The second kappa shape index (κ2) is 8.15. The van der Waals surface area contributed by atoms with E-state index in [1.54, 1.807) is 6.92 Å². The molecule has 144 valence electrons. The summed E-state index contributed by atoms with van der Waals surface area (Å²) in [5, 5.41) is 2.77. The van der Waals surface area contributed by atoms with Gasteiger partial charge in [-0.1, -0.05) is 0 Å². The highest BCUT2D eigenvalue weighted by Crippen LogP contribution is 2.32. The zero-order valence-electron chi connectivity index (χ0n) is 14.9. The van der Waals surface area contributed by atoms with E-state index in [-0.39, 0.29) is 29.1 Å². The summed E-state index contributed by atoms with van der Waals surface area (Å²) in [5.74, 6) is -0.976. The second-order valence-corrected chi connectivity index (χ2v) is 6.22. The third-order valence-electron chi connectivity index (χ3n) is 4.46. The van der Waals surface area contributed by atoms with Crippen LogP contribution in [0.1, 0.15) is 19.8 Å². The summed E-state index contributed by atoms with van der Waals surface area (Å²) in [4.78, 5) is 22.1. The number of nitrogens with zero attached hydrogens (tertiary/aromatic N) is 3. The van der Waals surface area contributed by atoms with Crippen LogP contribution in [0.5, 0.6) is 0 Å². The first-order valence-corrected chi connectivity index (χ1v) is 8.73. The average Bonchev–Trinajstić information content (AvgIpc) is 2.66. The lowest BCUT2D eigenvalue weighted by molar-refractivity contribution is -0.148. The monoisotopic (exact) mass is 377 g/mol. The Kier molecular flexibility index (Phi) is 5.68. The van der Waals surface area contributed by atoms with Crippen LogP contribution in [-0.2, 0) is 9.53 Å². The maximum absolute atomic E-state index is 13.9. The van der Waals surface area contributed by atoms with Crippen molar-refractivity contribution in [2.75, 3.05) is 35.6 Å². The Labute approximate surface area is 155 Å². The van der Waals surface area contributed by atoms with Gasteiger partial charge < -0.3 is 20.7 Å². The molecule has 0 bridgehead atoms. The van der Waals surface area contributed by atoms with Crippen LogP contribution in [-0.4, -0.2) is 35.6 Å². The first kappa shape index (κ1) is 18.8. The summed E-state index contributed by atoms with van der Waals surface area (Å²) < 4.78 is 32.0.